The Kier molecular flexibility index (Phi) is 7.32. The SMILES string of the molecule is CSc1ccccc1[C@H]1CCCN1C(=O)CCC(=O)NCc1ccc2c(c1)[C@H]1C[C@H](N2)[C@H](O)CO1. The number of fused-ring (bicyclic) bond motifs is 4. The van der Waals surface area contributed by atoms with Crippen molar-refractivity contribution in [3.8, 4) is 0 Å². The molecule has 3 N–H and O–H groups in total. The van der Waals surface area contributed by atoms with E-state index in [1.54, 1.807) is 11.8 Å². The number of rotatable bonds is 7. The van der Waals surface area contributed by atoms with Crippen LogP contribution in [0.1, 0.15) is 60.9 Å². The maximum absolute atomic E-state index is 13.0. The van der Waals surface area contributed by atoms with Gasteiger partial charge in [0, 0.05) is 48.5 Å². The van der Waals surface area contributed by atoms with Crippen molar-refractivity contribution in [2.75, 3.05) is 24.7 Å². The van der Waals surface area contributed by atoms with Crippen molar-refractivity contribution in [2.24, 2.45) is 0 Å². The number of hydrogen-bond donors (Lipinski definition) is 3. The average Bonchev–Trinajstić information content (AvgIpc) is 3.38. The molecule has 2 bridgehead atoms. The maximum Gasteiger partial charge on any atom is 0.223 e. The van der Waals surface area contributed by atoms with Crippen LogP contribution < -0.4 is 10.6 Å². The molecular formula is C27H33N3O4S. The first-order valence-electron chi connectivity index (χ1n) is 12.4. The van der Waals surface area contributed by atoms with Crippen molar-refractivity contribution >= 4 is 29.3 Å². The molecule has 3 heterocycles. The van der Waals surface area contributed by atoms with Gasteiger partial charge < -0.3 is 25.4 Å². The van der Waals surface area contributed by atoms with Gasteiger partial charge in [0.1, 0.15) is 0 Å². The highest BCUT2D eigenvalue weighted by atomic mass is 32.2. The van der Waals surface area contributed by atoms with Gasteiger partial charge in [-0.25, -0.2) is 0 Å². The molecule has 0 unspecified atom stereocenters. The Bertz CT molecular complexity index is 1090. The van der Waals surface area contributed by atoms with Crippen molar-refractivity contribution in [1.82, 2.24) is 10.2 Å². The maximum atomic E-state index is 13.0. The Morgan fingerprint density at radius 3 is 2.91 bits per heavy atom. The highest BCUT2D eigenvalue weighted by molar-refractivity contribution is 7.98. The van der Waals surface area contributed by atoms with Gasteiger partial charge in [0.2, 0.25) is 11.8 Å². The van der Waals surface area contributed by atoms with Crippen LogP contribution in [0.2, 0.25) is 0 Å². The number of thioether (sulfide) groups is 1. The van der Waals surface area contributed by atoms with Crippen LogP contribution in [0.15, 0.2) is 47.4 Å². The minimum absolute atomic E-state index is 0.0220. The summed E-state index contributed by atoms with van der Waals surface area (Å²) in [6, 6.07) is 14.4. The lowest BCUT2D eigenvalue weighted by Crippen LogP contribution is -2.46. The van der Waals surface area contributed by atoms with Gasteiger partial charge in [0.25, 0.3) is 0 Å². The molecule has 2 aromatic carbocycles. The van der Waals surface area contributed by atoms with Crippen LogP contribution >= 0.6 is 11.8 Å². The minimum Gasteiger partial charge on any atom is -0.389 e. The number of carbonyl (C=O) groups is 2. The summed E-state index contributed by atoms with van der Waals surface area (Å²) in [5.74, 6) is -0.0730. The number of nitrogens with one attached hydrogen (secondary N) is 2. The van der Waals surface area contributed by atoms with E-state index in [0.717, 1.165) is 42.6 Å². The number of aliphatic hydroxyl groups is 1. The summed E-state index contributed by atoms with van der Waals surface area (Å²) < 4.78 is 5.82. The van der Waals surface area contributed by atoms with Crippen molar-refractivity contribution < 1.29 is 19.4 Å². The van der Waals surface area contributed by atoms with E-state index >= 15 is 0 Å². The first kappa shape index (κ1) is 24.2. The zero-order chi connectivity index (χ0) is 24.4. The first-order chi connectivity index (χ1) is 17.0. The van der Waals surface area contributed by atoms with Crippen LogP contribution in [0.3, 0.4) is 0 Å². The van der Waals surface area contributed by atoms with E-state index in [0.29, 0.717) is 13.2 Å². The zero-order valence-electron chi connectivity index (χ0n) is 20.0. The second kappa shape index (κ2) is 10.6. The number of amides is 2. The summed E-state index contributed by atoms with van der Waals surface area (Å²) in [7, 11) is 0. The summed E-state index contributed by atoms with van der Waals surface area (Å²) in [4.78, 5) is 28.7. The number of likely N-dealkylation sites (tertiary alicyclic amines) is 1. The Morgan fingerprint density at radius 2 is 2.06 bits per heavy atom. The van der Waals surface area contributed by atoms with Crippen molar-refractivity contribution in [3.05, 3.63) is 59.2 Å². The molecule has 3 aliphatic heterocycles. The van der Waals surface area contributed by atoms with Crippen molar-refractivity contribution in [1.29, 1.82) is 0 Å². The highest BCUT2D eigenvalue weighted by Gasteiger charge is 2.36. The fraction of sp³-hybridized carbons (Fsp3) is 0.481. The van der Waals surface area contributed by atoms with Gasteiger partial charge in [-0.05, 0) is 48.4 Å². The van der Waals surface area contributed by atoms with Crippen LogP contribution in [0.5, 0.6) is 0 Å². The summed E-state index contributed by atoms with van der Waals surface area (Å²) in [6.45, 7) is 1.49. The highest BCUT2D eigenvalue weighted by Crippen LogP contribution is 2.40. The number of benzene rings is 2. The zero-order valence-corrected chi connectivity index (χ0v) is 20.9. The standard InChI is InChI=1S/C27H33N3O4S/c1-35-25-7-3-2-5-18(25)22-6-4-12-30(22)27(33)11-10-26(32)28-15-17-8-9-20-19(13-17)24-14-21(29-20)23(31)16-34-24/h2-3,5,7-9,13,21-24,29,31H,4,6,10-12,14-16H2,1H3,(H,28,32)/t21-,22+,23+,24+/m0/s1. The summed E-state index contributed by atoms with van der Waals surface area (Å²) in [5.41, 5.74) is 4.25. The Morgan fingerprint density at radius 1 is 1.20 bits per heavy atom. The van der Waals surface area contributed by atoms with E-state index in [1.165, 1.54) is 10.5 Å². The number of nitrogens with zero attached hydrogens (tertiary/aromatic N) is 1. The molecule has 2 saturated heterocycles. The Balaban J connectivity index is 1.14. The lowest BCUT2D eigenvalue weighted by atomic mass is 9.89. The predicted octanol–water partition coefficient (Wildman–Crippen LogP) is 3.79. The van der Waals surface area contributed by atoms with Crippen LogP contribution in [0, 0.1) is 0 Å². The molecule has 0 spiro atoms. The summed E-state index contributed by atoms with van der Waals surface area (Å²) in [6.07, 6.45) is 4.64. The average molecular weight is 496 g/mol. The summed E-state index contributed by atoms with van der Waals surface area (Å²) in [5, 5.41) is 16.4. The van der Waals surface area contributed by atoms with E-state index < -0.39 is 6.10 Å². The third kappa shape index (κ3) is 5.20. The van der Waals surface area contributed by atoms with Gasteiger partial charge in [0.15, 0.2) is 0 Å². The van der Waals surface area contributed by atoms with Crippen LogP contribution in [0.25, 0.3) is 0 Å². The monoisotopic (exact) mass is 495 g/mol. The van der Waals surface area contributed by atoms with Crippen molar-refractivity contribution in [3.63, 3.8) is 0 Å². The van der Waals surface area contributed by atoms with E-state index in [-0.39, 0.29) is 42.8 Å². The summed E-state index contributed by atoms with van der Waals surface area (Å²) >= 11 is 1.71. The van der Waals surface area contributed by atoms with Gasteiger partial charge in [-0.2, -0.15) is 0 Å². The number of ether oxygens (including phenoxy) is 1. The molecule has 0 aromatic heterocycles. The normalized spacial score (nSPS) is 25.0. The molecular weight excluding hydrogens is 462 g/mol. The van der Waals surface area contributed by atoms with Gasteiger partial charge in [0.05, 0.1) is 30.9 Å². The molecule has 7 nitrogen and oxygen atoms in total. The van der Waals surface area contributed by atoms with Crippen LogP contribution in [0.4, 0.5) is 5.69 Å². The largest absolute Gasteiger partial charge is 0.389 e. The van der Waals surface area contributed by atoms with Crippen LogP contribution in [-0.4, -0.2) is 53.4 Å². The second-order valence-corrected chi connectivity index (χ2v) is 10.4. The number of aliphatic hydroxyl groups excluding tert-OH is 1. The van der Waals surface area contributed by atoms with Gasteiger partial charge >= 0.3 is 0 Å². The smallest absolute Gasteiger partial charge is 0.223 e. The quantitative estimate of drug-likeness (QED) is 0.507. The Labute approximate surface area is 210 Å². The molecule has 3 aliphatic rings. The molecule has 5 rings (SSSR count). The molecule has 2 fully saturated rings. The Hall–Kier alpha value is -2.55. The van der Waals surface area contributed by atoms with E-state index in [9.17, 15) is 14.7 Å². The third-order valence-corrected chi connectivity index (χ3v) is 8.14. The van der Waals surface area contributed by atoms with Gasteiger partial charge in [-0.3, -0.25) is 9.59 Å². The first-order valence-corrected chi connectivity index (χ1v) is 13.6. The molecule has 186 valence electrons. The molecule has 0 radical (unpaired) electrons. The number of carbonyl (C=O) groups excluding carboxylic acids is 2. The molecule has 2 aromatic rings. The fourth-order valence-corrected chi connectivity index (χ4v) is 6.12. The van der Waals surface area contributed by atoms with Crippen LogP contribution in [-0.2, 0) is 20.9 Å². The lowest BCUT2D eigenvalue weighted by Gasteiger charge is -2.40. The topological polar surface area (TPSA) is 90.9 Å². The number of anilines is 1. The van der Waals surface area contributed by atoms with Gasteiger partial charge in [-0.15, -0.1) is 11.8 Å². The lowest BCUT2D eigenvalue weighted by molar-refractivity contribution is -0.134. The van der Waals surface area contributed by atoms with Gasteiger partial charge in [-0.1, -0.05) is 24.3 Å². The molecule has 0 aliphatic carbocycles. The second-order valence-electron chi connectivity index (χ2n) is 9.56. The molecule has 0 saturated carbocycles. The molecule has 2 amide bonds. The van der Waals surface area contributed by atoms with E-state index in [2.05, 4.69) is 35.1 Å². The predicted molar refractivity (Wildman–Crippen MR) is 136 cm³/mol. The third-order valence-electron chi connectivity index (χ3n) is 7.33. The molecule has 4 atom stereocenters. The van der Waals surface area contributed by atoms with E-state index in [4.69, 9.17) is 4.74 Å². The minimum atomic E-state index is -0.489. The van der Waals surface area contributed by atoms with Crippen molar-refractivity contribution in [2.45, 2.75) is 67.8 Å². The molecule has 35 heavy (non-hydrogen) atoms. The molecule has 8 heteroatoms. The fourth-order valence-electron chi connectivity index (χ4n) is 5.46. The number of hydrogen-bond acceptors (Lipinski definition) is 6. The van der Waals surface area contributed by atoms with E-state index in [1.807, 2.05) is 29.2 Å².